The van der Waals surface area contributed by atoms with Crippen molar-refractivity contribution in [2.45, 2.75) is 19.3 Å². The van der Waals surface area contributed by atoms with Gasteiger partial charge < -0.3 is 4.89 Å². The van der Waals surface area contributed by atoms with E-state index in [-0.39, 0.29) is 0 Å². The van der Waals surface area contributed by atoms with Gasteiger partial charge in [-0.1, -0.05) is 0 Å². The van der Waals surface area contributed by atoms with E-state index in [9.17, 15) is 4.53 Å². The molecule has 1 rings (SSSR count). The van der Waals surface area contributed by atoms with Gasteiger partial charge in [-0.3, -0.25) is 0 Å². The van der Waals surface area contributed by atoms with Crippen molar-refractivity contribution in [2.75, 3.05) is 0 Å². The Kier molecular flexibility index (Phi) is 1.86. The summed E-state index contributed by atoms with van der Waals surface area (Å²) in [7, 11) is 0. The SMILES string of the molecule is FOOC1=CCCC1. The van der Waals surface area contributed by atoms with Crippen LogP contribution in [0, 0.1) is 0 Å². The van der Waals surface area contributed by atoms with Crippen molar-refractivity contribution in [2.24, 2.45) is 0 Å². The molecule has 0 radical (unpaired) electrons. The molecule has 8 heavy (non-hydrogen) atoms. The average molecular weight is 118 g/mol. The third kappa shape index (κ3) is 1.20. The van der Waals surface area contributed by atoms with Crippen LogP contribution < -0.4 is 0 Å². The van der Waals surface area contributed by atoms with E-state index in [1.165, 1.54) is 0 Å². The highest BCUT2D eigenvalue weighted by molar-refractivity contribution is 4.98. The van der Waals surface area contributed by atoms with E-state index in [0.717, 1.165) is 19.3 Å². The summed E-state index contributed by atoms with van der Waals surface area (Å²) in [5.41, 5.74) is 0. The van der Waals surface area contributed by atoms with E-state index in [1.54, 1.807) is 0 Å². The summed E-state index contributed by atoms with van der Waals surface area (Å²) in [6, 6.07) is 0. The lowest BCUT2D eigenvalue weighted by Gasteiger charge is -1.92. The Morgan fingerprint density at radius 2 is 2.50 bits per heavy atom. The van der Waals surface area contributed by atoms with Gasteiger partial charge in [-0.2, -0.15) is 0 Å². The van der Waals surface area contributed by atoms with Crippen molar-refractivity contribution in [3.63, 3.8) is 0 Å². The highest BCUT2D eigenvalue weighted by Gasteiger charge is 2.05. The van der Waals surface area contributed by atoms with Crippen molar-refractivity contribution in [1.29, 1.82) is 0 Å². The van der Waals surface area contributed by atoms with Gasteiger partial charge in [-0.15, -0.1) is 0 Å². The van der Waals surface area contributed by atoms with Crippen LogP contribution in [-0.2, 0) is 9.98 Å². The van der Waals surface area contributed by atoms with E-state index < -0.39 is 0 Å². The highest BCUT2D eigenvalue weighted by atomic mass is 19.3. The first-order valence-electron chi connectivity index (χ1n) is 2.58. The topological polar surface area (TPSA) is 18.5 Å². The molecular weight excluding hydrogens is 111 g/mol. The van der Waals surface area contributed by atoms with Gasteiger partial charge >= 0.3 is 0 Å². The third-order valence-corrected chi connectivity index (χ3v) is 1.14. The average Bonchev–Trinajstić information content (AvgIpc) is 2.19. The molecule has 0 amide bonds. The first-order valence-corrected chi connectivity index (χ1v) is 2.58. The molecule has 0 fully saturated rings. The Morgan fingerprint density at radius 1 is 1.62 bits per heavy atom. The molecule has 1 aliphatic carbocycles. The fourth-order valence-corrected chi connectivity index (χ4v) is 0.758. The smallest absolute Gasteiger partial charge is 0.142 e. The maximum absolute atomic E-state index is 10.9. The molecule has 0 saturated carbocycles. The largest absolute Gasteiger partial charge is 0.309 e. The van der Waals surface area contributed by atoms with E-state index in [0.29, 0.717) is 5.76 Å². The maximum Gasteiger partial charge on any atom is 0.142 e. The minimum Gasteiger partial charge on any atom is -0.309 e. The van der Waals surface area contributed by atoms with Crippen LogP contribution in [0.15, 0.2) is 11.8 Å². The lowest BCUT2D eigenvalue weighted by molar-refractivity contribution is -0.408. The predicted octanol–water partition coefficient (Wildman–Crippen LogP) is 1.89. The van der Waals surface area contributed by atoms with Crippen molar-refractivity contribution in [1.82, 2.24) is 0 Å². The Hall–Kier alpha value is -0.570. The standard InChI is InChI=1S/C5H7FO2/c6-8-7-5-3-1-2-4-5/h3H,1-2,4H2. The van der Waals surface area contributed by atoms with E-state index in [2.05, 4.69) is 9.98 Å². The Labute approximate surface area is 46.7 Å². The van der Waals surface area contributed by atoms with Crippen LogP contribution >= 0.6 is 0 Å². The maximum atomic E-state index is 10.9. The molecule has 0 N–H and O–H groups in total. The summed E-state index contributed by atoms with van der Waals surface area (Å²) >= 11 is 0. The molecule has 0 bridgehead atoms. The number of halogens is 1. The molecule has 0 unspecified atom stereocenters. The van der Waals surface area contributed by atoms with Gasteiger partial charge in [-0.05, 0) is 23.4 Å². The zero-order chi connectivity index (χ0) is 5.82. The summed E-state index contributed by atoms with van der Waals surface area (Å²) in [5.74, 6) is 0.604. The van der Waals surface area contributed by atoms with Crippen LogP contribution in [-0.4, -0.2) is 0 Å². The fourth-order valence-electron chi connectivity index (χ4n) is 0.758. The second-order valence-corrected chi connectivity index (χ2v) is 1.71. The summed E-state index contributed by atoms with van der Waals surface area (Å²) in [6.45, 7) is 0. The van der Waals surface area contributed by atoms with Gasteiger partial charge in [0.25, 0.3) is 0 Å². The number of allylic oxidation sites excluding steroid dienone is 2. The lowest BCUT2D eigenvalue weighted by Crippen LogP contribution is -1.81. The second-order valence-electron chi connectivity index (χ2n) is 1.71. The normalized spacial score (nSPS) is 18.4. The van der Waals surface area contributed by atoms with E-state index in [4.69, 9.17) is 0 Å². The monoisotopic (exact) mass is 118 g/mol. The van der Waals surface area contributed by atoms with Gasteiger partial charge in [0.15, 0.2) is 0 Å². The van der Waals surface area contributed by atoms with Gasteiger partial charge in [0.1, 0.15) is 5.76 Å². The Morgan fingerprint density at radius 3 is 3.00 bits per heavy atom. The highest BCUT2D eigenvalue weighted by Crippen LogP contribution is 2.18. The number of rotatable bonds is 2. The molecular formula is C5H7FO2. The van der Waals surface area contributed by atoms with Crippen LogP contribution in [0.5, 0.6) is 0 Å². The Bertz CT molecular complexity index is 101. The van der Waals surface area contributed by atoms with E-state index >= 15 is 0 Å². The van der Waals surface area contributed by atoms with Crippen LogP contribution in [0.3, 0.4) is 0 Å². The van der Waals surface area contributed by atoms with Gasteiger partial charge in [0, 0.05) is 11.5 Å². The summed E-state index contributed by atoms with van der Waals surface area (Å²) in [5, 5.41) is 2.96. The first kappa shape index (κ1) is 5.56. The molecule has 0 saturated heterocycles. The molecule has 0 aromatic carbocycles. The van der Waals surface area contributed by atoms with Crippen molar-refractivity contribution >= 4 is 0 Å². The number of hydrogen-bond acceptors (Lipinski definition) is 2. The van der Waals surface area contributed by atoms with Crippen LogP contribution in [0.2, 0.25) is 0 Å². The molecule has 0 aliphatic heterocycles. The summed E-state index contributed by atoms with van der Waals surface area (Å²) < 4.78 is 10.9. The fraction of sp³-hybridized carbons (Fsp3) is 0.600. The molecule has 46 valence electrons. The van der Waals surface area contributed by atoms with E-state index in [1.807, 2.05) is 6.08 Å². The molecule has 0 aromatic heterocycles. The van der Waals surface area contributed by atoms with Crippen LogP contribution in [0.1, 0.15) is 19.3 Å². The third-order valence-electron chi connectivity index (χ3n) is 1.14. The first-order chi connectivity index (χ1) is 3.93. The zero-order valence-corrected chi connectivity index (χ0v) is 4.39. The van der Waals surface area contributed by atoms with Crippen molar-refractivity contribution in [3.05, 3.63) is 11.8 Å². The molecule has 2 nitrogen and oxygen atoms in total. The minimum absolute atomic E-state index is 0.604. The van der Waals surface area contributed by atoms with Crippen LogP contribution in [0.4, 0.5) is 4.53 Å². The summed E-state index contributed by atoms with van der Waals surface area (Å²) in [6.07, 6.45) is 4.63. The lowest BCUT2D eigenvalue weighted by atomic mass is 10.4. The quantitative estimate of drug-likeness (QED) is 0.407. The molecule has 3 heteroatoms. The predicted molar refractivity (Wildman–Crippen MR) is 25.2 cm³/mol. The van der Waals surface area contributed by atoms with Crippen molar-refractivity contribution < 1.29 is 14.5 Å². The molecule has 0 spiro atoms. The zero-order valence-electron chi connectivity index (χ0n) is 4.39. The second kappa shape index (κ2) is 2.67. The van der Waals surface area contributed by atoms with Gasteiger partial charge in [0.2, 0.25) is 0 Å². The Balaban J connectivity index is 2.23. The number of hydrogen-bond donors (Lipinski definition) is 0. The molecule has 0 heterocycles. The van der Waals surface area contributed by atoms with Gasteiger partial charge in [-0.25, -0.2) is 0 Å². The van der Waals surface area contributed by atoms with Crippen molar-refractivity contribution in [3.8, 4) is 0 Å². The summed E-state index contributed by atoms with van der Waals surface area (Å²) in [4.78, 5) is 4.10. The minimum atomic E-state index is 0.604. The van der Waals surface area contributed by atoms with Crippen LogP contribution in [0.25, 0.3) is 0 Å². The molecule has 0 atom stereocenters. The molecule has 1 aliphatic rings. The van der Waals surface area contributed by atoms with Gasteiger partial charge in [0.05, 0.1) is 0 Å². The molecule has 0 aromatic rings.